The quantitative estimate of drug-likeness (QED) is 0.661. The van der Waals surface area contributed by atoms with Crippen molar-refractivity contribution in [2.75, 3.05) is 7.11 Å². The highest BCUT2D eigenvalue weighted by Crippen LogP contribution is 2.70. The van der Waals surface area contributed by atoms with Crippen LogP contribution in [-0.2, 0) is 23.9 Å². The predicted octanol–water partition coefficient (Wildman–Crippen LogP) is 2.96. The van der Waals surface area contributed by atoms with Gasteiger partial charge in [-0.1, -0.05) is 19.4 Å². The van der Waals surface area contributed by atoms with Crippen LogP contribution < -0.4 is 0 Å². The van der Waals surface area contributed by atoms with Gasteiger partial charge in [0.1, 0.15) is 5.60 Å². The fourth-order valence-corrected chi connectivity index (χ4v) is 8.35. The summed E-state index contributed by atoms with van der Waals surface area (Å²) >= 11 is 0. The standard InChI is InChI=1S/C24H32O6/c1-22-7-4-14(25)10-13(22)11-15(21(28)29-3)19-16-5-8-24(9-6-18(27)30-24)23(16,2)12-17(26)20(19)22/h10,15-17,19-20,26H,4-9,11-12H2,1-3H3/t15-,16-,17-,19-,20-,22-,23-,24+/m0/s1. The van der Waals surface area contributed by atoms with Crippen LogP contribution >= 0.6 is 0 Å². The number of hydrogen-bond donors (Lipinski definition) is 1. The third-order valence-corrected chi connectivity index (χ3v) is 9.79. The van der Waals surface area contributed by atoms with E-state index in [1.165, 1.54) is 7.11 Å². The Hall–Kier alpha value is -1.69. The zero-order chi connectivity index (χ0) is 21.5. The fraction of sp³-hybridized carbons (Fsp3) is 0.792. The van der Waals surface area contributed by atoms with E-state index in [9.17, 15) is 19.5 Å². The van der Waals surface area contributed by atoms with Crippen LogP contribution in [0.3, 0.4) is 0 Å². The van der Waals surface area contributed by atoms with Gasteiger partial charge in [-0.05, 0) is 67.8 Å². The van der Waals surface area contributed by atoms with Crippen LogP contribution in [0.25, 0.3) is 0 Å². The minimum absolute atomic E-state index is 0.0415. The second-order valence-corrected chi connectivity index (χ2v) is 10.8. The van der Waals surface area contributed by atoms with Gasteiger partial charge >= 0.3 is 11.9 Å². The van der Waals surface area contributed by atoms with Crippen molar-refractivity contribution >= 4 is 17.7 Å². The molecule has 3 saturated carbocycles. The van der Waals surface area contributed by atoms with Gasteiger partial charge in [-0.3, -0.25) is 14.4 Å². The molecule has 0 aromatic heterocycles. The summed E-state index contributed by atoms with van der Waals surface area (Å²) in [6.07, 6.45) is 6.21. The Kier molecular flexibility index (Phi) is 4.32. The molecule has 164 valence electrons. The smallest absolute Gasteiger partial charge is 0.309 e. The van der Waals surface area contributed by atoms with Gasteiger partial charge in [0, 0.05) is 18.3 Å². The third-order valence-electron chi connectivity index (χ3n) is 9.79. The number of carbonyl (C=O) groups is 3. The highest BCUT2D eigenvalue weighted by molar-refractivity contribution is 5.92. The van der Waals surface area contributed by atoms with Crippen LogP contribution in [0.15, 0.2) is 11.6 Å². The molecule has 0 aromatic rings. The number of methoxy groups -OCH3 is 1. The van der Waals surface area contributed by atoms with Gasteiger partial charge in [0.25, 0.3) is 0 Å². The van der Waals surface area contributed by atoms with Crippen molar-refractivity contribution in [2.45, 2.75) is 76.9 Å². The Balaban J connectivity index is 1.62. The Morgan fingerprint density at radius 2 is 1.97 bits per heavy atom. The van der Waals surface area contributed by atoms with E-state index in [0.717, 1.165) is 18.4 Å². The molecule has 0 bridgehead atoms. The van der Waals surface area contributed by atoms with E-state index in [2.05, 4.69) is 13.8 Å². The van der Waals surface area contributed by atoms with Crippen molar-refractivity contribution in [3.63, 3.8) is 0 Å². The number of esters is 2. The molecule has 1 saturated heterocycles. The highest BCUT2D eigenvalue weighted by atomic mass is 16.6. The van der Waals surface area contributed by atoms with Crippen LogP contribution in [0, 0.1) is 34.5 Å². The molecule has 4 fully saturated rings. The first-order valence-electron chi connectivity index (χ1n) is 11.4. The number of hydrogen-bond acceptors (Lipinski definition) is 6. The first-order chi connectivity index (χ1) is 14.1. The molecule has 1 spiro atoms. The minimum atomic E-state index is -0.611. The van der Waals surface area contributed by atoms with E-state index in [1.807, 2.05) is 0 Å². The molecular formula is C24H32O6. The van der Waals surface area contributed by atoms with Crippen LogP contribution in [0.5, 0.6) is 0 Å². The summed E-state index contributed by atoms with van der Waals surface area (Å²) < 4.78 is 11.2. The number of aliphatic hydroxyl groups excluding tert-OH is 1. The van der Waals surface area contributed by atoms with Crippen LogP contribution in [0.1, 0.15) is 65.2 Å². The van der Waals surface area contributed by atoms with Crippen molar-refractivity contribution in [3.8, 4) is 0 Å². The van der Waals surface area contributed by atoms with Crippen molar-refractivity contribution in [3.05, 3.63) is 11.6 Å². The fourth-order valence-electron chi connectivity index (χ4n) is 8.35. The Morgan fingerprint density at radius 3 is 2.63 bits per heavy atom. The van der Waals surface area contributed by atoms with E-state index in [-0.39, 0.29) is 52.2 Å². The van der Waals surface area contributed by atoms with Gasteiger partial charge in [-0.2, -0.15) is 0 Å². The maximum atomic E-state index is 12.9. The van der Waals surface area contributed by atoms with Gasteiger partial charge in [0.15, 0.2) is 5.78 Å². The predicted molar refractivity (Wildman–Crippen MR) is 107 cm³/mol. The molecule has 1 heterocycles. The molecule has 0 amide bonds. The van der Waals surface area contributed by atoms with Crippen LogP contribution in [0.2, 0.25) is 0 Å². The normalized spacial score (nSPS) is 49.7. The Labute approximate surface area is 177 Å². The monoisotopic (exact) mass is 416 g/mol. The first-order valence-corrected chi connectivity index (χ1v) is 11.4. The van der Waals surface area contributed by atoms with Gasteiger partial charge < -0.3 is 14.6 Å². The molecule has 0 radical (unpaired) electrons. The van der Waals surface area contributed by atoms with E-state index >= 15 is 0 Å². The largest absolute Gasteiger partial charge is 0.469 e. The maximum Gasteiger partial charge on any atom is 0.309 e. The van der Waals surface area contributed by atoms with Crippen molar-refractivity contribution in [1.29, 1.82) is 0 Å². The summed E-state index contributed by atoms with van der Waals surface area (Å²) in [5, 5.41) is 11.6. The number of fused-ring (bicyclic) bond motifs is 6. The van der Waals surface area contributed by atoms with Gasteiger partial charge in [-0.15, -0.1) is 0 Å². The van der Waals surface area contributed by atoms with Crippen LogP contribution in [-0.4, -0.2) is 41.6 Å². The summed E-state index contributed by atoms with van der Waals surface area (Å²) in [5.74, 6) is -0.636. The summed E-state index contributed by atoms with van der Waals surface area (Å²) in [6, 6.07) is 0. The molecule has 0 unspecified atom stereocenters. The Morgan fingerprint density at radius 1 is 1.20 bits per heavy atom. The lowest BCUT2D eigenvalue weighted by Crippen LogP contribution is -2.62. The molecule has 4 aliphatic carbocycles. The SMILES string of the molecule is COC(=O)[C@H]1CC2=CC(=O)CC[C@]2(C)[C@@H]2[C@@H]1[C@@H]1CC[C@@]3(CCC(=O)O3)[C@@]1(C)C[C@@H]2O. The van der Waals surface area contributed by atoms with Crippen molar-refractivity contribution in [2.24, 2.45) is 34.5 Å². The van der Waals surface area contributed by atoms with E-state index in [4.69, 9.17) is 9.47 Å². The highest BCUT2D eigenvalue weighted by Gasteiger charge is 2.71. The van der Waals surface area contributed by atoms with Crippen molar-refractivity contribution < 1.29 is 29.0 Å². The molecule has 5 aliphatic rings. The lowest BCUT2D eigenvalue weighted by atomic mass is 9.43. The van der Waals surface area contributed by atoms with E-state index in [1.54, 1.807) is 6.08 Å². The van der Waals surface area contributed by atoms with Crippen molar-refractivity contribution in [1.82, 2.24) is 0 Å². The average molecular weight is 417 g/mol. The number of aliphatic hydroxyl groups is 1. The number of ketones is 1. The summed E-state index contributed by atoms with van der Waals surface area (Å²) in [5.41, 5.74) is -0.168. The molecule has 0 aromatic carbocycles. The first kappa shape index (κ1) is 20.2. The van der Waals surface area contributed by atoms with Gasteiger partial charge in [0.05, 0.1) is 19.1 Å². The van der Waals surface area contributed by atoms with E-state index in [0.29, 0.717) is 38.5 Å². The maximum absolute atomic E-state index is 12.9. The zero-order valence-electron chi connectivity index (χ0n) is 18.1. The number of rotatable bonds is 1. The molecule has 6 heteroatoms. The molecule has 5 rings (SSSR count). The number of allylic oxidation sites excluding steroid dienone is 1. The summed E-state index contributed by atoms with van der Waals surface area (Å²) in [6.45, 7) is 4.33. The molecule has 6 nitrogen and oxygen atoms in total. The second kappa shape index (κ2) is 6.41. The second-order valence-electron chi connectivity index (χ2n) is 10.8. The minimum Gasteiger partial charge on any atom is -0.469 e. The molecule has 1 N–H and O–H groups in total. The molecule has 8 atom stereocenters. The topological polar surface area (TPSA) is 89.9 Å². The zero-order valence-corrected chi connectivity index (χ0v) is 18.1. The lowest BCUT2D eigenvalue weighted by molar-refractivity contribution is -0.197. The molecule has 30 heavy (non-hydrogen) atoms. The summed E-state index contributed by atoms with van der Waals surface area (Å²) in [4.78, 5) is 37.2. The van der Waals surface area contributed by atoms with Gasteiger partial charge in [0.2, 0.25) is 0 Å². The van der Waals surface area contributed by atoms with E-state index < -0.39 is 11.7 Å². The number of carbonyl (C=O) groups excluding carboxylic acids is 3. The Bertz CT molecular complexity index is 847. The third kappa shape index (κ3) is 2.43. The average Bonchev–Trinajstić information content (AvgIpc) is 3.21. The van der Waals surface area contributed by atoms with Gasteiger partial charge in [-0.25, -0.2) is 0 Å². The number of ether oxygens (including phenoxy) is 2. The van der Waals surface area contributed by atoms with Crippen LogP contribution in [0.4, 0.5) is 0 Å². The molecular weight excluding hydrogens is 384 g/mol. The molecule has 1 aliphatic heterocycles. The summed E-state index contributed by atoms with van der Waals surface area (Å²) in [7, 11) is 1.42. The lowest BCUT2D eigenvalue weighted by Gasteiger charge is -2.62.